The number of allylic oxidation sites excluding steroid dienone is 4. The third-order valence-corrected chi connectivity index (χ3v) is 10.7. The molecule has 6 rings (SSSR count). The summed E-state index contributed by atoms with van der Waals surface area (Å²) in [5.74, 6) is 0.805. The maximum atomic E-state index is 14.1. The Labute approximate surface area is 230 Å². The van der Waals surface area contributed by atoms with Gasteiger partial charge in [-0.1, -0.05) is 63.2 Å². The van der Waals surface area contributed by atoms with Gasteiger partial charge in [0.15, 0.2) is 11.6 Å². The molecule has 1 amide bonds. The molecule has 3 unspecified atom stereocenters. The summed E-state index contributed by atoms with van der Waals surface area (Å²) in [6.45, 7) is 6.57. The lowest BCUT2D eigenvalue weighted by Gasteiger charge is -2.58. The molecule has 3 fully saturated rings. The van der Waals surface area contributed by atoms with Crippen LogP contribution in [0.3, 0.4) is 0 Å². The number of para-hydroxylation sites is 2. The van der Waals surface area contributed by atoms with E-state index in [-0.39, 0.29) is 34.9 Å². The molecule has 202 valence electrons. The predicted molar refractivity (Wildman–Crippen MR) is 152 cm³/mol. The molecule has 6 atom stereocenters. The molecule has 5 heteroatoms. The summed E-state index contributed by atoms with van der Waals surface area (Å²) in [7, 11) is 0. The van der Waals surface area contributed by atoms with E-state index in [1.54, 1.807) is 17.1 Å². The van der Waals surface area contributed by atoms with Gasteiger partial charge in [-0.15, -0.1) is 0 Å². The lowest BCUT2D eigenvalue weighted by atomic mass is 9.47. The number of nitrogens with zero attached hydrogens (tertiary/aromatic N) is 1. The first-order chi connectivity index (χ1) is 18.7. The number of carbonyl (C=O) groups is 3. The minimum absolute atomic E-state index is 0.0888. The lowest BCUT2D eigenvalue weighted by molar-refractivity contribution is -0.139. The molecule has 39 heavy (non-hydrogen) atoms. The molecule has 5 nitrogen and oxygen atoms in total. The summed E-state index contributed by atoms with van der Waals surface area (Å²) in [5, 5.41) is 0. The Morgan fingerprint density at radius 1 is 0.923 bits per heavy atom. The van der Waals surface area contributed by atoms with Crippen molar-refractivity contribution < 1.29 is 19.1 Å². The number of ether oxygens (including phenoxy) is 1. The number of anilines is 2. The van der Waals surface area contributed by atoms with E-state index in [2.05, 4.69) is 20.8 Å². The van der Waals surface area contributed by atoms with E-state index in [9.17, 15) is 14.4 Å². The van der Waals surface area contributed by atoms with Crippen LogP contribution in [-0.2, 0) is 14.3 Å². The average Bonchev–Trinajstić information content (AvgIpc) is 3.23. The molecule has 3 saturated carbocycles. The number of benzene rings is 2. The number of carbonyl (C=O) groups excluding carboxylic acids is 3. The number of hydrogen-bond acceptors (Lipinski definition) is 4. The largest absolute Gasteiger partial charge is 0.442 e. The van der Waals surface area contributed by atoms with Gasteiger partial charge < -0.3 is 4.74 Å². The van der Waals surface area contributed by atoms with Gasteiger partial charge in [-0.25, -0.2) is 9.69 Å². The molecule has 0 N–H and O–H groups in total. The van der Waals surface area contributed by atoms with Gasteiger partial charge in [0.1, 0.15) is 5.60 Å². The van der Waals surface area contributed by atoms with E-state index in [1.807, 2.05) is 66.7 Å². The number of fused-ring (bicyclic) bond motifs is 5. The van der Waals surface area contributed by atoms with Gasteiger partial charge >= 0.3 is 6.09 Å². The second kappa shape index (κ2) is 9.32. The Morgan fingerprint density at radius 3 is 2.15 bits per heavy atom. The highest BCUT2D eigenvalue weighted by atomic mass is 16.6. The Bertz CT molecular complexity index is 1320. The van der Waals surface area contributed by atoms with E-state index < -0.39 is 11.0 Å². The zero-order valence-corrected chi connectivity index (χ0v) is 23.1. The molecular formula is C34H37NO4. The molecule has 4 aliphatic carbocycles. The fourth-order valence-electron chi connectivity index (χ4n) is 8.68. The molecule has 0 radical (unpaired) electrons. The topological polar surface area (TPSA) is 63.7 Å². The third-order valence-electron chi connectivity index (χ3n) is 10.7. The smallest absolute Gasteiger partial charge is 0.419 e. The molecule has 4 aliphatic rings. The van der Waals surface area contributed by atoms with Crippen LogP contribution in [0.2, 0.25) is 0 Å². The number of hydrogen-bond donors (Lipinski definition) is 0. The SMILES string of the molecule is CC[C@]1(OC(=O)N(c2ccccc2)c2ccccc2)CCC2C3CC(=O)C4=CC(=O)C=C[C@]4(C)C3CC[C@@]21C. The van der Waals surface area contributed by atoms with Crippen molar-refractivity contribution >= 4 is 29.0 Å². The van der Waals surface area contributed by atoms with Crippen molar-refractivity contribution in [1.29, 1.82) is 0 Å². The van der Waals surface area contributed by atoms with Gasteiger partial charge in [0.2, 0.25) is 0 Å². The summed E-state index contributed by atoms with van der Waals surface area (Å²) in [6.07, 6.45) is 9.63. The maximum Gasteiger partial charge on any atom is 0.419 e. The van der Waals surface area contributed by atoms with Gasteiger partial charge in [-0.2, -0.15) is 0 Å². The molecule has 0 saturated heterocycles. The standard InChI is InChI=1S/C34H37NO4/c1-4-34(39-31(38)35(23-11-7-5-8-12-23)24-13-9-6-10-14-24)20-17-28-26-22-30(37)29-21-25(36)15-18-32(29,2)27(26)16-19-33(28,34)3/h5-15,18,21,26-28H,4,16-17,19-20,22H2,1-3H3/t26?,27?,28?,32-,33+,34+/m1/s1. The van der Waals surface area contributed by atoms with Crippen LogP contribution >= 0.6 is 0 Å². The molecule has 2 aromatic carbocycles. The van der Waals surface area contributed by atoms with Crippen LogP contribution in [-0.4, -0.2) is 23.3 Å². The van der Waals surface area contributed by atoms with E-state index in [1.165, 1.54) is 0 Å². The lowest BCUT2D eigenvalue weighted by Crippen LogP contribution is -2.57. The Hall–Kier alpha value is -3.47. The highest BCUT2D eigenvalue weighted by Gasteiger charge is 2.66. The van der Waals surface area contributed by atoms with Gasteiger partial charge in [0, 0.05) is 22.8 Å². The van der Waals surface area contributed by atoms with Gasteiger partial charge in [-0.3, -0.25) is 9.59 Å². The van der Waals surface area contributed by atoms with Crippen LogP contribution in [0.15, 0.2) is 84.5 Å². The second-order valence-electron chi connectivity index (χ2n) is 12.3. The molecular weight excluding hydrogens is 486 g/mol. The van der Waals surface area contributed by atoms with Crippen molar-refractivity contribution in [3.8, 4) is 0 Å². The number of rotatable bonds is 4. The van der Waals surface area contributed by atoms with Crippen LogP contribution in [0.1, 0.15) is 59.3 Å². The van der Waals surface area contributed by atoms with Gasteiger partial charge in [-0.05, 0) is 86.3 Å². The molecule has 0 aliphatic heterocycles. The normalized spacial score (nSPS) is 34.9. The highest BCUT2D eigenvalue weighted by molar-refractivity contribution is 6.10. The van der Waals surface area contributed by atoms with Crippen LogP contribution in [0, 0.1) is 28.6 Å². The first kappa shape index (κ1) is 25.8. The number of amides is 1. The van der Waals surface area contributed by atoms with E-state index in [4.69, 9.17) is 4.74 Å². The summed E-state index contributed by atoms with van der Waals surface area (Å²) in [5.41, 5.74) is 0.983. The fourth-order valence-corrected chi connectivity index (χ4v) is 8.68. The van der Waals surface area contributed by atoms with Crippen molar-refractivity contribution in [1.82, 2.24) is 0 Å². The van der Waals surface area contributed by atoms with Crippen molar-refractivity contribution in [3.63, 3.8) is 0 Å². The monoisotopic (exact) mass is 523 g/mol. The second-order valence-corrected chi connectivity index (χ2v) is 12.3. The van der Waals surface area contributed by atoms with Crippen molar-refractivity contribution in [2.75, 3.05) is 4.90 Å². The molecule has 0 spiro atoms. The zero-order chi connectivity index (χ0) is 27.4. The molecule has 0 bridgehead atoms. The van der Waals surface area contributed by atoms with E-state index in [0.29, 0.717) is 17.9 Å². The van der Waals surface area contributed by atoms with Crippen LogP contribution < -0.4 is 4.90 Å². The quantitative estimate of drug-likeness (QED) is 0.414. The summed E-state index contributed by atoms with van der Waals surface area (Å²) < 4.78 is 6.68. The zero-order valence-electron chi connectivity index (χ0n) is 23.1. The first-order valence-electron chi connectivity index (χ1n) is 14.3. The average molecular weight is 524 g/mol. The Balaban J connectivity index is 1.33. The molecule has 0 aromatic heterocycles. The number of ketones is 2. The number of Topliss-reactive ketones (excluding diaryl/α,β-unsaturated/α-hetero) is 1. The van der Waals surface area contributed by atoms with Crippen LogP contribution in [0.5, 0.6) is 0 Å². The highest BCUT2D eigenvalue weighted by Crippen LogP contribution is 2.68. The van der Waals surface area contributed by atoms with Crippen molar-refractivity contribution in [2.45, 2.75) is 64.9 Å². The molecule has 0 heterocycles. The fraction of sp³-hybridized carbons (Fsp3) is 0.441. The Morgan fingerprint density at radius 2 is 1.54 bits per heavy atom. The maximum absolute atomic E-state index is 14.1. The third kappa shape index (κ3) is 3.84. The predicted octanol–water partition coefficient (Wildman–Crippen LogP) is 7.60. The minimum Gasteiger partial charge on any atom is -0.442 e. The summed E-state index contributed by atoms with van der Waals surface area (Å²) in [4.78, 5) is 41.3. The Kier molecular flexibility index (Phi) is 6.16. The van der Waals surface area contributed by atoms with Gasteiger partial charge in [0.05, 0.1) is 11.4 Å². The molecule has 2 aromatic rings. The summed E-state index contributed by atoms with van der Waals surface area (Å²) >= 11 is 0. The summed E-state index contributed by atoms with van der Waals surface area (Å²) in [6, 6.07) is 19.3. The van der Waals surface area contributed by atoms with Crippen LogP contribution in [0.25, 0.3) is 0 Å². The van der Waals surface area contributed by atoms with Crippen molar-refractivity contribution in [3.05, 3.63) is 84.5 Å². The van der Waals surface area contributed by atoms with E-state index in [0.717, 1.165) is 43.5 Å². The van der Waals surface area contributed by atoms with E-state index >= 15 is 0 Å². The first-order valence-corrected chi connectivity index (χ1v) is 14.3. The minimum atomic E-state index is -0.611. The van der Waals surface area contributed by atoms with Crippen LogP contribution in [0.4, 0.5) is 16.2 Å². The van der Waals surface area contributed by atoms with Gasteiger partial charge in [0.25, 0.3) is 0 Å². The van der Waals surface area contributed by atoms with Crippen molar-refractivity contribution in [2.24, 2.45) is 28.6 Å².